The van der Waals surface area contributed by atoms with Crippen molar-refractivity contribution in [3.8, 4) is 11.5 Å². The topological polar surface area (TPSA) is 32.7 Å². The van der Waals surface area contributed by atoms with E-state index in [2.05, 4.69) is 12.8 Å². The zero-order valence-corrected chi connectivity index (χ0v) is 11.0. The van der Waals surface area contributed by atoms with E-state index in [0.29, 0.717) is 12.2 Å². The number of aromatic hydroxyl groups is 1. The number of anilines is 1. The van der Waals surface area contributed by atoms with E-state index in [1.165, 1.54) is 0 Å². The van der Waals surface area contributed by atoms with Gasteiger partial charge in [0.25, 0.3) is 0 Å². The van der Waals surface area contributed by atoms with Crippen LogP contribution >= 0.6 is 12.8 Å². The van der Waals surface area contributed by atoms with E-state index >= 15 is 0 Å². The lowest BCUT2D eigenvalue weighted by atomic mass is 10.2. The van der Waals surface area contributed by atoms with Gasteiger partial charge in [-0.3, -0.25) is 0 Å². The Kier molecular flexibility index (Phi) is 3.99. The van der Waals surface area contributed by atoms with Gasteiger partial charge < -0.3 is 14.1 Å². The fourth-order valence-corrected chi connectivity index (χ4v) is 2.04. The van der Waals surface area contributed by atoms with Crippen molar-refractivity contribution in [2.75, 3.05) is 11.4 Å². The van der Waals surface area contributed by atoms with Crippen LogP contribution in [0.4, 0.5) is 5.69 Å². The Morgan fingerprint density at radius 2 is 1.94 bits per heavy atom. The van der Waals surface area contributed by atoms with Crippen LogP contribution in [0.2, 0.25) is 0 Å². The van der Waals surface area contributed by atoms with Crippen LogP contribution in [0.1, 0.15) is 5.56 Å². The highest BCUT2D eigenvalue weighted by Gasteiger charge is 2.07. The Morgan fingerprint density at radius 3 is 2.67 bits per heavy atom. The molecule has 0 aliphatic rings. The molecule has 94 valence electrons. The Balaban J connectivity index is 2.16. The van der Waals surface area contributed by atoms with Crippen LogP contribution in [-0.2, 0) is 6.54 Å². The standard InChI is InChI=1S/C14H15NO2S/c1-17-12-6-4-5-11(9-12)10-15(18)13-7-2-3-8-14(13)16/h2-9,16,18H,10H2,1H3. The summed E-state index contributed by atoms with van der Waals surface area (Å²) in [6.07, 6.45) is 0. The molecule has 0 atom stereocenters. The molecular weight excluding hydrogens is 246 g/mol. The molecule has 0 unspecified atom stereocenters. The number of benzene rings is 2. The summed E-state index contributed by atoms with van der Waals surface area (Å²) in [6.45, 7) is 0.581. The van der Waals surface area contributed by atoms with Gasteiger partial charge in [-0.2, -0.15) is 0 Å². The molecule has 0 saturated heterocycles. The highest BCUT2D eigenvalue weighted by molar-refractivity contribution is 7.81. The summed E-state index contributed by atoms with van der Waals surface area (Å²) in [7, 11) is 1.64. The van der Waals surface area contributed by atoms with Gasteiger partial charge >= 0.3 is 0 Å². The van der Waals surface area contributed by atoms with Gasteiger partial charge in [-0.15, -0.1) is 0 Å². The fourth-order valence-electron chi connectivity index (χ4n) is 1.71. The molecular formula is C14H15NO2S. The minimum absolute atomic E-state index is 0.218. The number of nitrogens with zero attached hydrogens (tertiary/aromatic N) is 1. The third kappa shape index (κ3) is 2.90. The average Bonchev–Trinajstić information content (AvgIpc) is 2.39. The zero-order chi connectivity index (χ0) is 13.0. The summed E-state index contributed by atoms with van der Waals surface area (Å²) >= 11 is 4.40. The number of phenolic OH excluding ortho intramolecular Hbond substituents is 1. The largest absolute Gasteiger partial charge is 0.506 e. The van der Waals surface area contributed by atoms with Crippen LogP contribution in [0.25, 0.3) is 0 Å². The molecule has 0 aromatic heterocycles. The minimum atomic E-state index is 0.218. The number of rotatable bonds is 4. The quantitative estimate of drug-likeness (QED) is 0.829. The van der Waals surface area contributed by atoms with E-state index in [0.717, 1.165) is 11.3 Å². The SMILES string of the molecule is COc1cccc(CN(S)c2ccccc2O)c1. The van der Waals surface area contributed by atoms with E-state index < -0.39 is 0 Å². The first kappa shape index (κ1) is 12.6. The molecule has 2 aromatic rings. The molecule has 0 saturated carbocycles. The predicted molar refractivity (Wildman–Crippen MR) is 76.3 cm³/mol. The van der Waals surface area contributed by atoms with Crippen molar-refractivity contribution in [2.45, 2.75) is 6.54 Å². The van der Waals surface area contributed by atoms with Gasteiger partial charge in [0.1, 0.15) is 11.5 Å². The second-order valence-electron chi connectivity index (χ2n) is 3.90. The minimum Gasteiger partial charge on any atom is -0.506 e. The van der Waals surface area contributed by atoms with E-state index in [1.54, 1.807) is 23.5 Å². The first-order chi connectivity index (χ1) is 8.70. The highest BCUT2D eigenvalue weighted by Crippen LogP contribution is 2.29. The summed E-state index contributed by atoms with van der Waals surface area (Å²) in [4.78, 5) is 0. The van der Waals surface area contributed by atoms with Gasteiger partial charge in [-0.25, -0.2) is 0 Å². The number of thiol groups is 1. The van der Waals surface area contributed by atoms with Crippen LogP contribution in [0.5, 0.6) is 11.5 Å². The summed E-state index contributed by atoms with van der Waals surface area (Å²) in [6, 6.07) is 14.9. The maximum atomic E-state index is 9.74. The molecule has 1 N–H and O–H groups in total. The van der Waals surface area contributed by atoms with Gasteiger partial charge in [-0.1, -0.05) is 37.1 Å². The molecule has 0 radical (unpaired) electrons. The van der Waals surface area contributed by atoms with Gasteiger partial charge in [0.2, 0.25) is 0 Å². The van der Waals surface area contributed by atoms with Crippen LogP contribution in [0, 0.1) is 0 Å². The zero-order valence-electron chi connectivity index (χ0n) is 10.1. The lowest BCUT2D eigenvalue weighted by Gasteiger charge is -2.19. The van der Waals surface area contributed by atoms with Crippen LogP contribution in [0.15, 0.2) is 48.5 Å². The molecule has 0 aliphatic carbocycles. The molecule has 2 aromatic carbocycles. The fraction of sp³-hybridized carbons (Fsp3) is 0.143. The van der Waals surface area contributed by atoms with Crippen molar-refractivity contribution in [1.29, 1.82) is 0 Å². The molecule has 18 heavy (non-hydrogen) atoms. The van der Waals surface area contributed by atoms with Crippen molar-refractivity contribution >= 4 is 18.5 Å². The molecule has 0 amide bonds. The second kappa shape index (κ2) is 5.69. The molecule has 2 rings (SSSR count). The number of phenols is 1. The lowest BCUT2D eigenvalue weighted by molar-refractivity contribution is 0.414. The summed E-state index contributed by atoms with van der Waals surface area (Å²) < 4.78 is 6.87. The lowest BCUT2D eigenvalue weighted by Crippen LogP contribution is -2.09. The third-order valence-electron chi connectivity index (χ3n) is 2.63. The van der Waals surface area contributed by atoms with E-state index in [1.807, 2.05) is 36.4 Å². The van der Waals surface area contributed by atoms with E-state index in [-0.39, 0.29) is 5.75 Å². The Bertz CT molecular complexity index is 531. The van der Waals surface area contributed by atoms with Crippen molar-refractivity contribution in [3.05, 3.63) is 54.1 Å². The van der Waals surface area contributed by atoms with Gasteiger partial charge in [0.05, 0.1) is 19.3 Å². The normalized spacial score (nSPS) is 10.1. The third-order valence-corrected chi connectivity index (χ3v) is 2.98. The van der Waals surface area contributed by atoms with Crippen LogP contribution in [-0.4, -0.2) is 12.2 Å². The smallest absolute Gasteiger partial charge is 0.139 e. The monoisotopic (exact) mass is 261 g/mol. The first-order valence-corrected chi connectivity index (χ1v) is 5.98. The summed E-state index contributed by atoms with van der Waals surface area (Å²) in [5.41, 5.74) is 1.75. The molecule has 0 fully saturated rings. The number of methoxy groups -OCH3 is 1. The summed E-state index contributed by atoms with van der Waals surface area (Å²) in [5, 5.41) is 9.74. The molecule has 0 spiro atoms. The highest BCUT2D eigenvalue weighted by atomic mass is 32.1. The van der Waals surface area contributed by atoms with Crippen LogP contribution in [0.3, 0.4) is 0 Å². The van der Waals surface area contributed by atoms with Crippen molar-refractivity contribution < 1.29 is 9.84 Å². The molecule has 4 heteroatoms. The van der Waals surface area contributed by atoms with Gasteiger partial charge in [0.15, 0.2) is 0 Å². The average molecular weight is 261 g/mol. The molecule has 3 nitrogen and oxygen atoms in total. The van der Waals surface area contributed by atoms with Crippen molar-refractivity contribution in [2.24, 2.45) is 0 Å². The Hall–Kier alpha value is -1.81. The van der Waals surface area contributed by atoms with Gasteiger partial charge in [0, 0.05) is 0 Å². The maximum absolute atomic E-state index is 9.74. The van der Waals surface area contributed by atoms with E-state index in [4.69, 9.17) is 4.74 Å². The maximum Gasteiger partial charge on any atom is 0.139 e. The number of hydrogen-bond donors (Lipinski definition) is 2. The number of para-hydroxylation sites is 2. The Labute approximate surface area is 112 Å². The van der Waals surface area contributed by atoms with Gasteiger partial charge in [-0.05, 0) is 29.8 Å². The summed E-state index contributed by atoms with van der Waals surface area (Å²) in [5.74, 6) is 1.03. The molecule has 0 aliphatic heterocycles. The van der Waals surface area contributed by atoms with Crippen molar-refractivity contribution in [1.82, 2.24) is 0 Å². The Morgan fingerprint density at radius 1 is 1.17 bits per heavy atom. The first-order valence-electron chi connectivity index (χ1n) is 5.58. The molecule has 0 bridgehead atoms. The predicted octanol–water partition coefficient (Wildman–Crippen LogP) is 3.25. The number of ether oxygens (including phenoxy) is 1. The van der Waals surface area contributed by atoms with Crippen molar-refractivity contribution in [3.63, 3.8) is 0 Å². The molecule has 0 heterocycles. The second-order valence-corrected chi connectivity index (χ2v) is 4.38. The van der Waals surface area contributed by atoms with E-state index in [9.17, 15) is 5.11 Å². The number of hydrogen-bond acceptors (Lipinski definition) is 4. The van der Waals surface area contributed by atoms with Crippen LogP contribution < -0.4 is 9.04 Å².